The standard InChI is InChI=1S/C10H15NO2/c1-10(2,3)7-5-6-8(12)11-9(7)13-4/h5-6H,1-4H3,(H,11,12). The van der Waals surface area contributed by atoms with Crippen LogP contribution in [0.1, 0.15) is 26.3 Å². The number of aromatic nitrogens is 1. The van der Waals surface area contributed by atoms with Gasteiger partial charge in [-0.25, -0.2) is 0 Å². The monoisotopic (exact) mass is 181 g/mol. The van der Waals surface area contributed by atoms with E-state index < -0.39 is 0 Å². The van der Waals surface area contributed by atoms with Crippen molar-refractivity contribution in [2.24, 2.45) is 0 Å². The van der Waals surface area contributed by atoms with Crippen molar-refractivity contribution in [1.82, 2.24) is 4.98 Å². The van der Waals surface area contributed by atoms with Gasteiger partial charge in [-0.15, -0.1) is 0 Å². The second-order valence-electron chi connectivity index (χ2n) is 3.98. The van der Waals surface area contributed by atoms with Crippen LogP contribution in [0.25, 0.3) is 0 Å². The van der Waals surface area contributed by atoms with Gasteiger partial charge in [-0.2, -0.15) is 4.98 Å². The molecule has 0 amide bonds. The van der Waals surface area contributed by atoms with Crippen LogP contribution in [0, 0.1) is 0 Å². The molecular weight excluding hydrogens is 166 g/mol. The maximum atomic E-state index is 9.14. The summed E-state index contributed by atoms with van der Waals surface area (Å²) >= 11 is 0. The number of pyridine rings is 1. The Morgan fingerprint density at radius 3 is 2.38 bits per heavy atom. The second-order valence-corrected chi connectivity index (χ2v) is 3.98. The van der Waals surface area contributed by atoms with Crippen molar-refractivity contribution in [1.29, 1.82) is 0 Å². The van der Waals surface area contributed by atoms with Crippen LogP contribution in [0.15, 0.2) is 12.1 Å². The largest absolute Gasteiger partial charge is 0.493 e. The molecular formula is C10H15NO2. The Balaban J connectivity index is 3.22. The first-order valence-electron chi connectivity index (χ1n) is 4.19. The van der Waals surface area contributed by atoms with Gasteiger partial charge in [0.05, 0.1) is 7.11 Å². The molecule has 1 N–H and O–H groups in total. The van der Waals surface area contributed by atoms with Gasteiger partial charge in [0.15, 0.2) is 0 Å². The molecule has 1 heterocycles. The highest BCUT2D eigenvalue weighted by Gasteiger charge is 2.19. The topological polar surface area (TPSA) is 42.4 Å². The Morgan fingerprint density at radius 2 is 1.92 bits per heavy atom. The molecule has 3 nitrogen and oxygen atoms in total. The number of hydrogen-bond donors (Lipinski definition) is 1. The molecule has 1 rings (SSSR count). The van der Waals surface area contributed by atoms with E-state index in [1.165, 1.54) is 0 Å². The molecule has 0 atom stereocenters. The van der Waals surface area contributed by atoms with Gasteiger partial charge >= 0.3 is 0 Å². The first-order valence-corrected chi connectivity index (χ1v) is 4.19. The lowest BCUT2D eigenvalue weighted by Crippen LogP contribution is -2.13. The zero-order chi connectivity index (χ0) is 10.1. The lowest BCUT2D eigenvalue weighted by Gasteiger charge is -2.20. The third kappa shape index (κ3) is 2.11. The van der Waals surface area contributed by atoms with E-state index in [1.807, 2.05) is 6.07 Å². The Labute approximate surface area is 78.4 Å². The molecule has 0 spiro atoms. The summed E-state index contributed by atoms with van der Waals surface area (Å²) in [7, 11) is 1.55. The van der Waals surface area contributed by atoms with Gasteiger partial charge in [0.25, 0.3) is 0 Å². The predicted octanol–water partition coefficient (Wildman–Crippen LogP) is 2.09. The summed E-state index contributed by atoms with van der Waals surface area (Å²) < 4.78 is 5.08. The molecule has 0 aliphatic rings. The van der Waals surface area contributed by atoms with Gasteiger partial charge < -0.3 is 9.84 Å². The Kier molecular flexibility index (Phi) is 2.45. The Morgan fingerprint density at radius 1 is 1.31 bits per heavy atom. The van der Waals surface area contributed by atoms with Crippen molar-refractivity contribution < 1.29 is 9.84 Å². The summed E-state index contributed by atoms with van der Waals surface area (Å²) in [5.74, 6) is 0.484. The van der Waals surface area contributed by atoms with Gasteiger partial charge in [-0.05, 0) is 11.5 Å². The molecule has 0 aromatic carbocycles. The highest BCUT2D eigenvalue weighted by molar-refractivity contribution is 5.35. The van der Waals surface area contributed by atoms with Crippen molar-refractivity contribution in [3.8, 4) is 11.8 Å². The van der Waals surface area contributed by atoms with Gasteiger partial charge in [-0.1, -0.05) is 20.8 Å². The highest BCUT2D eigenvalue weighted by Crippen LogP contribution is 2.30. The van der Waals surface area contributed by atoms with Crippen LogP contribution in [0.5, 0.6) is 11.8 Å². The average molecular weight is 181 g/mol. The van der Waals surface area contributed by atoms with E-state index in [1.54, 1.807) is 13.2 Å². The first-order chi connectivity index (χ1) is 5.95. The van der Waals surface area contributed by atoms with E-state index in [0.717, 1.165) is 5.56 Å². The highest BCUT2D eigenvalue weighted by atomic mass is 16.5. The molecule has 0 saturated heterocycles. The molecule has 1 aromatic heterocycles. The smallest absolute Gasteiger partial charge is 0.220 e. The van der Waals surface area contributed by atoms with Crippen LogP contribution in [0.2, 0.25) is 0 Å². The molecule has 13 heavy (non-hydrogen) atoms. The molecule has 1 aromatic rings. The van der Waals surface area contributed by atoms with Crippen LogP contribution in [0.4, 0.5) is 0 Å². The number of methoxy groups -OCH3 is 1. The molecule has 3 heteroatoms. The van der Waals surface area contributed by atoms with Crippen molar-refractivity contribution in [2.45, 2.75) is 26.2 Å². The van der Waals surface area contributed by atoms with E-state index in [0.29, 0.717) is 5.88 Å². The van der Waals surface area contributed by atoms with Crippen LogP contribution >= 0.6 is 0 Å². The third-order valence-electron chi connectivity index (χ3n) is 1.85. The number of ether oxygens (including phenoxy) is 1. The molecule has 0 saturated carbocycles. The van der Waals surface area contributed by atoms with Gasteiger partial charge in [0, 0.05) is 11.6 Å². The van der Waals surface area contributed by atoms with Gasteiger partial charge in [-0.3, -0.25) is 0 Å². The van der Waals surface area contributed by atoms with Crippen LogP contribution in [-0.2, 0) is 5.41 Å². The van der Waals surface area contributed by atoms with Crippen molar-refractivity contribution in [3.63, 3.8) is 0 Å². The average Bonchev–Trinajstić information content (AvgIpc) is 2.01. The molecule has 0 aliphatic carbocycles. The number of rotatable bonds is 1. The van der Waals surface area contributed by atoms with E-state index in [9.17, 15) is 0 Å². The second kappa shape index (κ2) is 3.24. The maximum Gasteiger partial charge on any atom is 0.220 e. The summed E-state index contributed by atoms with van der Waals surface area (Å²) in [6.07, 6.45) is 0. The van der Waals surface area contributed by atoms with Crippen LogP contribution in [0.3, 0.4) is 0 Å². The molecule has 0 bridgehead atoms. The molecule has 0 fully saturated rings. The van der Waals surface area contributed by atoms with Gasteiger partial charge in [0.1, 0.15) is 0 Å². The van der Waals surface area contributed by atoms with Crippen LogP contribution < -0.4 is 4.74 Å². The van der Waals surface area contributed by atoms with Crippen molar-refractivity contribution >= 4 is 0 Å². The fourth-order valence-electron chi connectivity index (χ4n) is 1.16. The first kappa shape index (κ1) is 9.84. The fourth-order valence-corrected chi connectivity index (χ4v) is 1.16. The maximum absolute atomic E-state index is 9.14. The summed E-state index contributed by atoms with van der Waals surface area (Å²) in [4.78, 5) is 3.89. The minimum Gasteiger partial charge on any atom is -0.493 e. The Bertz CT molecular complexity index is 302. The van der Waals surface area contributed by atoms with Crippen LogP contribution in [-0.4, -0.2) is 17.2 Å². The van der Waals surface area contributed by atoms with E-state index in [4.69, 9.17) is 9.84 Å². The molecule has 0 unspecified atom stereocenters. The fraction of sp³-hybridized carbons (Fsp3) is 0.500. The predicted molar refractivity (Wildman–Crippen MR) is 51.2 cm³/mol. The normalized spacial score (nSPS) is 11.4. The van der Waals surface area contributed by atoms with Crippen molar-refractivity contribution in [2.75, 3.05) is 7.11 Å². The zero-order valence-corrected chi connectivity index (χ0v) is 8.46. The van der Waals surface area contributed by atoms with Gasteiger partial charge in [0.2, 0.25) is 11.8 Å². The number of nitrogens with zero attached hydrogens (tertiary/aromatic N) is 1. The van der Waals surface area contributed by atoms with E-state index in [2.05, 4.69) is 25.8 Å². The molecule has 0 radical (unpaired) electrons. The lowest BCUT2D eigenvalue weighted by molar-refractivity contribution is 0.365. The summed E-state index contributed by atoms with van der Waals surface area (Å²) in [5, 5.41) is 9.14. The minimum atomic E-state index is -0.0218. The zero-order valence-electron chi connectivity index (χ0n) is 8.46. The quantitative estimate of drug-likeness (QED) is 0.721. The number of aromatic hydroxyl groups is 1. The molecule has 72 valence electrons. The summed E-state index contributed by atoms with van der Waals surface area (Å²) in [6, 6.07) is 3.41. The van der Waals surface area contributed by atoms with E-state index in [-0.39, 0.29) is 11.3 Å². The van der Waals surface area contributed by atoms with E-state index >= 15 is 0 Å². The summed E-state index contributed by atoms with van der Waals surface area (Å²) in [5.41, 5.74) is 0.972. The lowest BCUT2D eigenvalue weighted by atomic mass is 9.88. The van der Waals surface area contributed by atoms with Crippen molar-refractivity contribution in [3.05, 3.63) is 17.7 Å². The summed E-state index contributed by atoms with van der Waals surface area (Å²) in [6.45, 7) is 6.22. The SMILES string of the molecule is COc1nc(O)ccc1C(C)(C)C. The third-order valence-corrected chi connectivity index (χ3v) is 1.85. The molecule has 0 aliphatic heterocycles. The Hall–Kier alpha value is -1.25. The minimum absolute atomic E-state index is 0.00940. The number of hydrogen-bond acceptors (Lipinski definition) is 3.